The normalized spacial score (nSPS) is 33.1. The van der Waals surface area contributed by atoms with Crippen LogP contribution in [0.3, 0.4) is 0 Å². The van der Waals surface area contributed by atoms with Crippen molar-refractivity contribution in [1.29, 1.82) is 0 Å². The van der Waals surface area contributed by atoms with Gasteiger partial charge in [-0.3, -0.25) is 9.59 Å². The summed E-state index contributed by atoms with van der Waals surface area (Å²) >= 11 is 0. The summed E-state index contributed by atoms with van der Waals surface area (Å²) in [5, 5.41) is 37.0. The maximum Gasteiger partial charge on any atom is 0.407 e. The zero-order valence-electron chi connectivity index (χ0n) is 38.0. The van der Waals surface area contributed by atoms with Gasteiger partial charge in [-0.25, -0.2) is 14.4 Å². The van der Waals surface area contributed by atoms with E-state index in [-0.39, 0.29) is 49.6 Å². The largest absolute Gasteiger partial charge is 0.456 e. The first-order chi connectivity index (χ1) is 31.5. The second kappa shape index (κ2) is 18.7. The first-order valence-corrected chi connectivity index (χ1v) is 22.9. The van der Waals surface area contributed by atoms with Gasteiger partial charge >= 0.3 is 24.0 Å². The van der Waals surface area contributed by atoms with Crippen molar-refractivity contribution in [2.24, 2.45) is 16.7 Å². The van der Waals surface area contributed by atoms with Crippen LogP contribution in [0, 0.1) is 16.7 Å². The lowest BCUT2D eigenvalue weighted by Gasteiger charge is -2.68. The molecule has 5 fully saturated rings. The summed E-state index contributed by atoms with van der Waals surface area (Å²) in [5.41, 5.74) is -6.14. The van der Waals surface area contributed by atoms with Crippen molar-refractivity contribution in [3.63, 3.8) is 0 Å². The number of hydrogen-bond donors (Lipinski definition) is 4. The number of fused-ring (bicyclic) bond motifs is 5. The van der Waals surface area contributed by atoms with Crippen molar-refractivity contribution in [3.8, 4) is 0 Å². The lowest BCUT2D eigenvalue weighted by molar-refractivity contribution is -0.349. The van der Waals surface area contributed by atoms with E-state index in [2.05, 4.69) is 5.32 Å². The molecule has 17 nitrogen and oxygen atoms in total. The number of ether oxygens (including phenoxy) is 8. The molecular weight excluding hydrogens is 859 g/mol. The van der Waals surface area contributed by atoms with Gasteiger partial charge in [0.15, 0.2) is 17.5 Å². The third-order valence-corrected chi connectivity index (χ3v) is 14.5. The highest BCUT2D eigenvalue weighted by Gasteiger charge is 2.78. The molecule has 17 heteroatoms. The standard InChI is InChI=1S/C49H61NO16/c1-27-33(64-44(56)39(62-31-16-17-31)37(29-12-8-6-9-13-29)50-45(57)63-32-18-19-32)25-49(58)42(65-43(55)30-14-10-7-11-15-30)40-47(5,41(54)38(60-23-21-52)36(27)46(49,3)4)34(59-22-20-51)24-35-48(40,26-61-35)66-28(2)53/h6-15,31-35,37-40,42,51-52,58H,16-26H2,1-5H3,(H,50,57)/t33-,34-,35+,37-,38+,39+,40?,42-,47+,48-,49+/m0/s1. The van der Waals surface area contributed by atoms with Gasteiger partial charge in [-0.15, -0.1) is 0 Å². The lowest BCUT2D eigenvalue weighted by atomic mass is 9.44. The van der Waals surface area contributed by atoms with Crippen molar-refractivity contribution in [2.75, 3.05) is 33.0 Å². The van der Waals surface area contributed by atoms with Crippen LogP contribution in [0.2, 0.25) is 0 Å². The number of carbonyl (C=O) groups excluding carboxylic acids is 5. The van der Waals surface area contributed by atoms with Gasteiger partial charge in [-0.1, -0.05) is 62.4 Å². The number of rotatable bonds is 17. The second-order valence-corrected chi connectivity index (χ2v) is 19.1. The maximum absolute atomic E-state index is 16.0. The van der Waals surface area contributed by atoms with Crippen LogP contribution in [0.25, 0.3) is 0 Å². The van der Waals surface area contributed by atoms with Crippen molar-refractivity contribution in [1.82, 2.24) is 5.32 Å². The number of aliphatic hydroxyl groups excluding tert-OH is 2. The van der Waals surface area contributed by atoms with Crippen LogP contribution in [0.4, 0.5) is 4.79 Å². The third kappa shape index (κ3) is 8.67. The van der Waals surface area contributed by atoms with E-state index in [9.17, 15) is 34.5 Å². The van der Waals surface area contributed by atoms with Crippen molar-refractivity contribution in [2.45, 2.75) is 139 Å². The van der Waals surface area contributed by atoms with Crippen LogP contribution in [0.1, 0.15) is 95.1 Å². The zero-order chi connectivity index (χ0) is 47.2. The number of amides is 1. The van der Waals surface area contributed by atoms with E-state index in [1.54, 1.807) is 76.2 Å². The summed E-state index contributed by atoms with van der Waals surface area (Å²) in [6.07, 6.45) is -6.95. The Morgan fingerprint density at radius 1 is 0.864 bits per heavy atom. The highest BCUT2D eigenvalue weighted by Crippen LogP contribution is 2.65. The average Bonchev–Trinajstić information content (AvgIpc) is 4.24. The lowest BCUT2D eigenvalue weighted by Crippen LogP contribution is -2.82. The van der Waals surface area contributed by atoms with Crippen molar-refractivity contribution < 1.29 is 77.2 Å². The zero-order valence-corrected chi connectivity index (χ0v) is 38.0. The van der Waals surface area contributed by atoms with E-state index in [0.29, 0.717) is 24.0 Å². The molecule has 4 N–H and O–H groups in total. The van der Waals surface area contributed by atoms with E-state index >= 15 is 4.79 Å². The number of carbonyl (C=O) groups is 5. The predicted molar refractivity (Wildman–Crippen MR) is 230 cm³/mol. The van der Waals surface area contributed by atoms with Gasteiger partial charge in [0.2, 0.25) is 0 Å². The second-order valence-electron chi connectivity index (χ2n) is 19.1. The number of nitrogens with one attached hydrogen (secondary N) is 1. The fourth-order valence-corrected chi connectivity index (χ4v) is 10.9. The molecule has 4 saturated carbocycles. The maximum atomic E-state index is 16.0. The topological polar surface area (TPSA) is 232 Å². The summed E-state index contributed by atoms with van der Waals surface area (Å²) < 4.78 is 50.0. The highest BCUT2D eigenvalue weighted by atomic mass is 16.6. The highest BCUT2D eigenvalue weighted by molar-refractivity contribution is 5.94. The van der Waals surface area contributed by atoms with Crippen LogP contribution >= 0.6 is 0 Å². The summed E-state index contributed by atoms with van der Waals surface area (Å²) in [6, 6.07) is 15.8. The average molecular weight is 920 g/mol. The molecule has 2 aromatic carbocycles. The van der Waals surface area contributed by atoms with Gasteiger partial charge in [-0.05, 0) is 68.4 Å². The van der Waals surface area contributed by atoms with E-state index in [1.807, 2.05) is 0 Å². The van der Waals surface area contributed by atoms with Crippen LogP contribution in [0.15, 0.2) is 71.8 Å². The summed E-state index contributed by atoms with van der Waals surface area (Å²) in [4.78, 5) is 72.0. The summed E-state index contributed by atoms with van der Waals surface area (Å²) in [5.74, 6) is -4.52. The first kappa shape index (κ1) is 47.7. The molecule has 6 aliphatic rings. The molecule has 0 spiro atoms. The van der Waals surface area contributed by atoms with Gasteiger partial charge in [0.05, 0.1) is 68.2 Å². The molecular formula is C49H61NO16. The van der Waals surface area contributed by atoms with Gasteiger partial charge in [-0.2, -0.15) is 0 Å². The Morgan fingerprint density at radius 2 is 1.50 bits per heavy atom. The molecule has 0 aromatic heterocycles. The van der Waals surface area contributed by atoms with Crippen LogP contribution in [0.5, 0.6) is 0 Å². The van der Waals surface area contributed by atoms with E-state index in [1.165, 1.54) is 19.1 Å². The Hall–Kier alpha value is -4.75. The molecule has 8 rings (SSSR count). The molecule has 1 aliphatic heterocycles. The first-order valence-electron chi connectivity index (χ1n) is 22.9. The predicted octanol–water partition coefficient (Wildman–Crippen LogP) is 3.84. The number of hydrogen-bond acceptors (Lipinski definition) is 16. The molecule has 1 saturated heterocycles. The minimum Gasteiger partial charge on any atom is -0.456 e. The SMILES string of the molecule is CC(=O)O[C@@]12CO[C@@H]1C[C@H](OCCO)[C@@]1(C)C(=O)[C@H](OCCO)C3=C(C)[C@@H](OC(=O)[C@H](OC4CC4)[C@@H](NC(=O)OC4CC4)c4ccccc4)C[C@@](O)([C@@H](OC(=O)c4ccccc4)C12)C3(C)C. The molecule has 2 bridgehead atoms. The monoisotopic (exact) mass is 919 g/mol. The smallest absolute Gasteiger partial charge is 0.407 e. The van der Waals surface area contributed by atoms with Crippen LogP contribution in [-0.2, 0) is 52.3 Å². The molecule has 358 valence electrons. The number of aliphatic hydroxyl groups is 3. The van der Waals surface area contributed by atoms with Crippen molar-refractivity contribution >= 4 is 29.8 Å². The molecule has 2 aromatic rings. The van der Waals surface area contributed by atoms with E-state index in [0.717, 1.165) is 12.8 Å². The van der Waals surface area contributed by atoms with Crippen LogP contribution < -0.4 is 5.32 Å². The molecule has 0 radical (unpaired) electrons. The fourth-order valence-electron chi connectivity index (χ4n) is 10.9. The quantitative estimate of drug-likeness (QED) is 0.100. The van der Waals surface area contributed by atoms with Crippen LogP contribution in [-0.4, -0.2) is 138 Å². The number of ketones is 1. The Bertz CT molecular complexity index is 2170. The summed E-state index contributed by atoms with van der Waals surface area (Å²) in [6.45, 7) is 6.13. The minimum atomic E-state index is -2.28. The Balaban J connectivity index is 1.30. The fraction of sp³-hybridized carbons (Fsp3) is 0.612. The van der Waals surface area contributed by atoms with Gasteiger partial charge in [0.25, 0.3) is 0 Å². The Morgan fingerprint density at radius 3 is 2.09 bits per heavy atom. The molecule has 1 heterocycles. The summed E-state index contributed by atoms with van der Waals surface area (Å²) in [7, 11) is 0. The molecule has 5 aliphatic carbocycles. The number of Topliss-reactive ketones (excluding diaryl/α,β-unsaturated/α-hetero) is 1. The van der Waals surface area contributed by atoms with E-state index < -0.39 is 120 Å². The Labute approximate surface area is 383 Å². The number of benzene rings is 2. The molecule has 1 amide bonds. The van der Waals surface area contributed by atoms with Gasteiger partial charge < -0.3 is 58.5 Å². The number of alkyl carbamates (subject to hydrolysis) is 1. The van der Waals surface area contributed by atoms with Gasteiger partial charge in [0, 0.05) is 25.2 Å². The molecule has 11 atom stereocenters. The number of esters is 3. The molecule has 66 heavy (non-hydrogen) atoms. The molecule has 1 unspecified atom stereocenters. The van der Waals surface area contributed by atoms with Crippen molar-refractivity contribution in [3.05, 3.63) is 82.9 Å². The third-order valence-electron chi connectivity index (χ3n) is 14.5. The minimum absolute atomic E-state index is 0.00534. The van der Waals surface area contributed by atoms with E-state index in [4.69, 9.17) is 37.9 Å². The Kier molecular flexibility index (Phi) is 13.6. The van der Waals surface area contributed by atoms with Gasteiger partial charge in [0.1, 0.15) is 36.1 Å².